The van der Waals surface area contributed by atoms with Gasteiger partial charge in [0.05, 0.1) is 19.1 Å². The van der Waals surface area contributed by atoms with E-state index in [1.165, 1.54) is 12.5 Å². The molecule has 1 atom stereocenters. The number of hydrogen-bond acceptors (Lipinski definition) is 5. The summed E-state index contributed by atoms with van der Waals surface area (Å²) < 4.78 is 10.4. The van der Waals surface area contributed by atoms with Crippen molar-refractivity contribution in [2.45, 2.75) is 12.5 Å². The van der Waals surface area contributed by atoms with E-state index in [1.54, 1.807) is 37.3 Å². The number of aromatic amines is 1. The van der Waals surface area contributed by atoms with E-state index in [0.29, 0.717) is 17.2 Å². The lowest BCUT2D eigenvalue weighted by atomic mass is 10.0. The van der Waals surface area contributed by atoms with Crippen molar-refractivity contribution in [2.24, 2.45) is 0 Å². The van der Waals surface area contributed by atoms with Crippen molar-refractivity contribution in [1.29, 1.82) is 0 Å². The van der Waals surface area contributed by atoms with E-state index in [2.05, 4.69) is 15.5 Å². The van der Waals surface area contributed by atoms with E-state index in [9.17, 15) is 9.90 Å². The molecular weight excluding hydrogens is 286 g/mol. The number of carbonyl (C=O) groups is 1. The van der Waals surface area contributed by atoms with Gasteiger partial charge in [0.1, 0.15) is 17.1 Å². The Balaban J connectivity index is 1.65. The lowest BCUT2D eigenvalue weighted by molar-refractivity contribution is 0.0329. The van der Waals surface area contributed by atoms with E-state index in [0.717, 1.165) is 0 Å². The van der Waals surface area contributed by atoms with Crippen LogP contribution in [0.1, 0.15) is 23.2 Å². The molecule has 3 aromatic heterocycles. The van der Waals surface area contributed by atoms with Crippen LogP contribution >= 0.6 is 0 Å². The highest BCUT2D eigenvalue weighted by atomic mass is 16.4. The van der Waals surface area contributed by atoms with Crippen LogP contribution in [-0.2, 0) is 5.60 Å². The van der Waals surface area contributed by atoms with Crippen LogP contribution in [0.25, 0.3) is 11.5 Å². The van der Waals surface area contributed by atoms with Gasteiger partial charge in [0, 0.05) is 6.07 Å². The van der Waals surface area contributed by atoms with Crippen molar-refractivity contribution in [2.75, 3.05) is 6.54 Å². The minimum Gasteiger partial charge on any atom is -0.466 e. The molecular formula is C15H15N3O4. The number of nitrogens with one attached hydrogen (secondary N) is 2. The lowest BCUT2D eigenvalue weighted by Crippen LogP contribution is -2.38. The number of nitrogens with zero attached hydrogens (tertiary/aromatic N) is 1. The van der Waals surface area contributed by atoms with Crippen LogP contribution in [0.15, 0.2) is 51.7 Å². The smallest absolute Gasteiger partial charge is 0.271 e. The van der Waals surface area contributed by atoms with Crippen LogP contribution in [-0.4, -0.2) is 27.8 Å². The molecule has 0 aliphatic heterocycles. The van der Waals surface area contributed by atoms with Gasteiger partial charge < -0.3 is 19.3 Å². The summed E-state index contributed by atoms with van der Waals surface area (Å²) >= 11 is 0. The minimum absolute atomic E-state index is 0.00227. The van der Waals surface area contributed by atoms with E-state index in [4.69, 9.17) is 8.83 Å². The highest BCUT2D eigenvalue weighted by Gasteiger charge is 2.27. The van der Waals surface area contributed by atoms with Crippen LogP contribution in [0.2, 0.25) is 0 Å². The second-order valence-corrected chi connectivity index (χ2v) is 5.08. The molecule has 1 amide bonds. The first-order chi connectivity index (χ1) is 10.6. The van der Waals surface area contributed by atoms with Gasteiger partial charge in [-0.05, 0) is 31.2 Å². The molecule has 7 nitrogen and oxygen atoms in total. The largest absolute Gasteiger partial charge is 0.466 e. The Kier molecular flexibility index (Phi) is 3.56. The SMILES string of the molecule is CC(O)(CNC(=O)c1cc(-c2ccco2)[nH]n1)c1ccco1. The first kappa shape index (κ1) is 14.2. The molecule has 22 heavy (non-hydrogen) atoms. The second kappa shape index (κ2) is 5.53. The quantitative estimate of drug-likeness (QED) is 0.667. The van der Waals surface area contributed by atoms with Crippen LogP contribution in [0.4, 0.5) is 0 Å². The molecule has 0 radical (unpaired) electrons. The molecule has 3 aromatic rings. The molecule has 7 heteroatoms. The number of amides is 1. The Hall–Kier alpha value is -2.80. The van der Waals surface area contributed by atoms with E-state index < -0.39 is 11.5 Å². The van der Waals surface area contributed by atoms with E-state index in [-0.39, 0.29) is 12.2 Å². The molecule has 0 aliphatic carbocycles. The summed E-state index contributed by atoms with van der Waals surface area (Å²) in [7, 11) is 0. The molecule has 0 aromatic carbocycles. The molecule has 0 spiro atoms. The van der Waals surface area contributed by atoms with Crippen LogP contribution in [0.5, 0.6) is 0 Å². The number of aromatic nitrogens is 2. The van der Waals surface area contributed by atoms with Gasteiger partial charge in [0.25, 0.3) is 5.91 Å². The Labute approximate surface area is 125 Å². The molecule has 0 fully saturated rings. The highest BCUT2D eigenvalue weighted by molar-refractivity contribution is 5.93. The average Bonchev–Trinajstić information content (AvgIpc) is 3.26. The lowest BCUT2D eigenvalue weighted by Gasteiger charge is -2.20. The molecule has 3 heterocycles. The summed E-state index contributed by atoms with van der Waals surface area (Å²) in [5, 5.41) is 19.6. The molecule has 0 bridgehead atoms. The fourth-order valence-corrected chi connectivity index (χ4v) is 2.01. The summed E-state index contributed by atoms with van der Waals surface area (Å²) in [4.78, 5) is 12.1. The van der Waals surface area contributed by atoms with Crippen molar-refractivity contribution >= 4 is 5.91 Å². The summed E-state index contributed by atoms with van der Waals surface area (Å²) in [6, 6.07) is 8.41. The average molecular weight is 301 g/mol. The molecule has 3 rings (SSSR count). The third kappa shape index (κ3) is 2.79. The van der Waals surface area contributed by atoms with Crippen molar-refractivity contribution < 1.29 is 18.7 Å². The maximum absolute atomic E-state index is 12.1. The van der Waals surface area contributed by atoms with Crippen molar-refractivity contribution in [3.8, 4) is 11.5 Å². The highest BCUT2D eigenvalue weighted by Crippen LogP contribution is 2.20. The van der Waals surface area contributed by atoms with Crippen molar-refractivity contribution in [3.63, 3.8) is 0 Å². The first-order valence-electron chi connectivity index (χ1n) is 6.70. The third-order valence-corrected chi connectivity index (χ3v) is 3.24. The van der Waals surface area contributed by atoms with Crippen molar-refractivity contribution in [1.82, 2.24) is 15.5 Å². The summed E-state index contributed by atoms with van der Waals surface area (Å²) in [5.41, 5.74) is -0.478. The Morgan fingerprint density at radius 1 is 1.36 bits per heavy atom. The number of aliphatic hydroxyl groups is 1. The fraction of sp³-hybridized carbons (Fsp3) is 0.200. The zero-order chi connectivity index (χ0) is 15.6. The topological polar surface area (TPSA) is 104 Å². The molecule has 1 unspecified atom stereocenters. The molecule has 0 aliphatic rings. The van der Waals surface area contributed by atoms with Crippen LogP contribution < -0.4 is 5.32 Å². The van der Waals surface area contributed by atoms with Gasteiger partial charge in [-0.1, -0.05) is 0 Å². The fourth-order valence-electron chi connectivity index (χ4n) is 2.01. The molecule has 114 valence electrons. The van der Waals surface area contributed by atoms with Gasteiger partial charge >= 0.3 is 0 Å². The van der Waals surface area contributed by atoms with Crippen LogP contribution in [0.3, 0.4) is 0 Å². The maximum atomic E-state index is 12.1. The van der Waals surface area contributed by atoms with Gasteiger partial charge in [0.15, 0.2) is 11.5 Å². The zero-order valence-electron chi connectivity index (χ0n) is 11.9. The van der Waals surface area contributed by atoms with Gasteiger partial charge in [-0.15, -0.1) is 0 Å². The summed E-state index contributed by atoms with van der Waals surface area (Å²) in [6.07, 6.45) is 3.01. The Bertz CT molecular complexity index is 742. The molecule has 3 N–H and O–H groups in total. The number of H-pyrrole nitrogens is 1. The standard InChI is InChI=1S/C15H15N3O4/c1-15(20,13-5-3-7-22-13)9-16-14(19)11-8-10(17-18-11)12-4-2-6-21-12/h2-8,20H,9H2,1H3,(H,16,19)(H,17,18). The van der Waals surface area contributed by atoms with Crippen molar-refractivity contribution in [3.05, 3.63) is 54.3 Å². The van der Waals surface area contributed by atoms with E-state index in [1.807, 2.05) is 0 Å². The molecule has 0 saturated heterocycles. The predicted octanol–water partition coefficient (Wildman–Crippen LogP) is 1.90. The van der Waals surface area contributed by atoms with Gasteiger partial charge in [-0.2, -0.15) is 5.10 Å². The molecule has 0 saturated carbocycles. The third-order valence-electron chi connectivity index (χ3n) is 3.24. The van der Waals surface area contributed by atoms with Gasteiger partial charge in [0.2, 0.25) is 0 Å². The number of rotatable bonds is 5. The number of carbonyl (C=O) groups excluding carboxylic acids is 1. The Morgan fingerprint density at radius 2 is 2.14 bits per heavy atom. The second-order valence-electron chi connectivity index (χ2n) is 5.08. The summed E-state index contributed by atoms with van der Waals surface area (Å²) in [5.74, 6) is 0.570. The normalized spacial score (nSPS) is 13.7. The van der Waals surface area contributed by atoms with Gasteiger partial charge in [-0.3, -0.25) is 9.89 Å². The number of hydrogen-bond donors (Lipinski definition) is 3. The maximum Gasteiger partial charge on any atom is 0.271 e. The van der Waals surface area contributed by atoms with Crippen LogP contribution in [0, 0.1) is 0 Å². The first-order valence-corrected chi connectivity index (χ1v) is 6.70. The minimum atomic E-state index is -1.29. The zero-order valence-corrected chi connectivity index (χ0v) is 11.9. The van der Waals surface area contributed by atoms with E-state index >= 15 is 0 Å². The summed E-state index contributed by atoms with van der Waals surface area (Å²) in [6.45, 7) is 1.56. The number of furan rings is 2. The van der Waals surface area contributed by atoms with Gasteiger partial charge in [-0.25, -0.2) is 0 Å². The predicted molar refractivity (Wildman–Crippen MR) is 76.9 cm³/mol. The monoisotopic (exact) mass is 301 g/mol. The Morgan fingerprint density at radius 3 is 2.82 bits per heavy atom.